The molecule has 0 saturated carbocycles. The molecular weight excluding hydrogens is 326 g/mol. The summed E-state index contributed by atoms with van der Waals surface area (Å²) in [6.07, 6.45) is 1.59. The predicted molar refractivity (Wildman–Crippen MR) is 72.1 cm³/mol. The van der Waals surface area contributed by atoms with Crippen LogP contribution in [0.15, 0.2) is 39.7 Å². The molecule has 0 amide bonds. The lowest BCUT2D eigenvalue weighted by Crippen LogP contribution is -2.22. The average Bonchev–Trinajstić information content (AvgIpc) is 2.70. The highest BCUT2D eigenvalue weighted by Gasteiger charge is 2.10. The van der Waals surface area contributed by atoms with Crippen LogP contribution in [-0.2, 0) is 6.54 Å². The normalized spacial score (nSPS) is 10.5. The van der Waals surface area contributed by atoms with Crippen LogP contribution in [0.25, 0.3) is 0 Å². The Hall–Kier alpha value is -0.910. The van der Waals surface area contributed by atoms with E-state index in [4.69, 9.17) is 11.6 Å². The summed E-state index contributed by atoms with van der Waals surface area (Å²) >= 11 is 10.2. The van der Waals surface area contributed by atoms with E-state index in [1.807, 2.05) is 0 Å². The van der Waals surface area contributed by atoms with E-state index in [-0.39, 0.29) is 17.9 Å². The van der Waals surface area contributed by atoms with Crippen LogP contribution in [0.2, 0.25) is 4.34 Å². The number of thiophene rings is 1. The fraction of sp³-hybridized carbons (Fsp3) is 0.0909. The first-order chi connectivity index (χ1) is 8.06. The van der Waals surface area contributed by atoms with Crippen molar-refractivity contribution in [3.8, 4) is 0 Å². The van der Waals surface area contributed by atoms with Gasteiger partial charge in [-0.15, -0.1) is 11.3 Å². The van der Waals surface area contributed by atoms with Crippen LogP contribution in [-0.4, -0.2) is 10.4 Å². The molecule has 0 saturated heterocycles. The van der Waals surface area contributed by atoms with Crippen molar-refractivity contribution >= 4 is 44.7 Å². The predicted octanol–water partition coefficient (Wildman–Crippen LogP) is 3.21. The lowest BCUT2D eigenvalue weighted by Gasteiger charge is -2.03. The van der Waals surface area contributed by atoms with Gasteiger partial charge in [-0.3, -0.25) is 9.59 Å². The Morgan fingerprint density at radius 3 is 2.76 bits per heavy atom. The Balaban J connectivity index is 2.24. The number of Topliss-reactive ketones (excluding diaryl/α,β-unsaturated/α-hetero) is 1. The largest absolute Gasteiger partial charge is 0.307 e. The maximum absolute atomic E-state index is 11.9. The lowest BCUT2D eigenvalue weighted by molar-refractivity contribution is 0.0975. The Morgan fingerprint density at radius 1 is 1.35 bits per heavy atom. The van der Waals surface area contributed by atoms with Gasteiger partial charge in [-0.1, -0.05) is 11.6 Å². The summed E-state index contributed by atoms with van der Waals surface area (Å²) in [5, 5.41) is 0. The quantitative estimate of drug-likeness (QED) is 0.810. The molecule has 88 valence electrons. The molecule has 3 nitrogen and oxygen atoms in total. The summed E-state index contributed by atoms with van der Waals surface area (Å²) < 4.78 is 2.68. The molecule has 2 rings (SSSR count). The summed E-state index contributed by atoms with van der Waals surface area (Å²) in [7, 11) is 0. The molecule has 0 radical (unpaired) electrons. The van der Waals surface area contributed by atoms with E-state index < -0.39 is 0 Å². The van der Waals surface area contributed by atoms with Gasteiger partial charge in [0.1, 0.15) is 0 Å². The second kappa shape index (κ2) is 5.16. The van der Waals surface area contributed by atoms with Gasteiger partial charge in [0.25, 0.3) is 5.56 Å². The minimum atomic E-state index is -0.204. The van der Waals surface area contributed by atoms with Crippen LogP contribution < -0.4 is 5.56 Å². The van der Waals surface area contributed by atoms with E-state index in [1.54, 1.807) is 24.4 Å². The van der Waals surface area contributed by atoms with Gasteiger partial charge in [-0.05, 0) is 34.1 Å². The van der Waals surface area contributed by atoms with Crippen molar-refractivity contribution < 1.29 is 4.79 Å². The highest BCUT2D eigenvalue weighted by atomic mass is 79.9. The smallest absolute Gasteiger partial charge is 0.251 e. The molecule has 0 fully saturated rings. The minimum absolute atomic E-state index is 0.0229. The zero-order valence-corrected chi connectivity index (χ0v) is 11.7. The molecule has 2 heterocycles. The molecule has 2 aromatic rings. The molecule has 17 heavy (non-hydrogen) atoms. The van der Waals surface area contributed by atoms with E-state index >= 15 is 0 Å². The van der Waals surface area contributed by atoms with E-state index in [0.717, 1.165) is 4.47 Å². The van der Waals surface area contributed by atoms with Crippen molar-refractivity contribution in [1.82, 2.24) is 4.57 Å². The molecule has 0 spiro atoms. The Labute approximate surface area is 115 Å². The van der Waals surface area contributed by atoms with Crippen LogP contribution in [0.1, 0.15) is 9.67 Å². The summed E-state index contributed by atoms with van der Waals surface area (Å²) in [6, 6.07) is 6.39. The number of ketones is 1. The van der Waals surface area contributed by atoms with Crippen molar-refractivity contribution in [3.63, 3.8) is 0 Å². The summed E-state index contributed by atoms with van der Waals surface area (Å²) in [5.41, 5.74) is -0.204. The fourth-order valence-electron chi connectivity index (χ4n) is 1.32. The van der Waals surface area contributed by atoms with E-state index in [9.17, 15) is 9.59 Å². The van der Waals surface area contributed by atoms with Crippen LogP contribution in [0.5, 0.6) is 0 Å². The molecular formula is C11H7BrClNO2S. The van der Waals surface area contributed by atoms with Crippen LogP contribution in [0.3, 0.4) is 0 Å². The molecule has 0 aliphatic carbocycles. The Bertz CT molecular complexity index is 620. The lowest BCUT2D eigenvalue weighted by atomic mass is 10.3. The maximum atomic E-state index is 11.9. The monoisotopic (exact) mass is 331 g/mol. The standard InChI is InChI=1S/C11H7BrClNO2S/c12-7-1-4-11(16)14(5-7)6-8(15)9-2-3-10(13)17-9/h1-5H,6H2. The molecule has 0 aliphatic rings. The van der Waals surface area contributed by atoms with Crippen LogP contribution in [0, 0.1) is 0 Å². The number of carbonyl (C=O) groups is 1. The summed E-state index contributed by atoms with van der Waals surface area (Å²) in [4.78, 5) is 23.9. The highest BCUT2D eigenvalue weighted by Crippen LogP contribution is 2.22. The van der Waals surface area contributed by atoms with Crippen molar-refractivity contribution in [3.05, 3.63) is 54.5 Å². The molecule has 6 heteroatoms. The molecule has 0 atom stereocenters. The molecule has 0 N–H and O–H groups in total. The summed E-state index contributed by atoms with van der Waals surface area (Å²) in [5.74, 6) is -0.123. The second-order valence-electron chi connectivity index (χ2n) is 3.34. The molecule has 0 aliphatic heterocycles. The molecule has 2 aromatic heterocycles. The molecule has 0 bridgehead atoms. The van der Waals surface area contributed by atoms with Crippen molar-refractivity contribution in [1.29, 1.82) is 0 Å². The zero-order chi connectivity index (χ0) is 12.4. The van der Waals surface area contributed by atoms with Gasteiger partial charge in [-0.25, -0.2) is 0 Å². The number of pyridine rings is 1. The van der Waals surface area contributed by atoms with Crippen molar-refractivity contribution in [2.45, 2.75) is 6.54 Å². The number of aromatic nitrogens is 1. The summed E-state index contributed by atoms with van der Waals surface area (Å²) in [6.45, 7) is 0.0229. The second-order valence-corrected chi connectivity index (χ2v) is 5.97. The zero-order valence-electron chi connectivity index (χ0n) is 8.52. The van der Waals surface area contributed by atoms with Gasteiger partial charge in [0.15, 0.2) is 5.78 Å². The third-order valence-corrected chi connectivity index (χ3v) is 3.85. The first-order valence-corrected chi connectivity index (χ1v) is 6.69. The number of nitrogens with zero attached hydrogens (tertiary/aromatic N) is 1. The third kappa shape index (κ3) is 3.06. The number of hydrogen-bond donors (Lipinski definition) is 0. The van der Waals surface area contributed by atoms with Gasteiger partial charge < -0.3 is 4.57 Å². The van der Waals surface area contributed by atoms with Gasteiger partial charge in [0.2, 0.25) is 0 Å². The van der Waals surface area contributed by atoms with E-state index in [2.05, 4.69) is 15.9 Å². The van der Waals surface area contributed by atoms with E-state index in [0.29, 0.717) is 9.21 Å². The van der Waals surface area contributed by atoms with Crippen molar-refractivity contribution in [2.75, 3.05) is 0 Å². The highest BCUT2D eigenvalue weighted by molar-refractivity contribution is 9.10. The minimum Gasteiger partial charge on any atom is -0.307 e. The Morgan fingerprint density at radius 2 is 2.12 bits per heavy atom. The van der Waals surface area contributed by atoms with Crippen molar-refractivity contribution in [2.24, 2.45) is 0 Å². The SMILES string of the molecule is O=C(Cn1cc(Br)ccc1=O)c1ccc(Cl)s1. The number of hydrogen-bond acceptors (Lipinski definition) is 3. The fourth-order valence-corrected chi connectivity index (χ4v) is 2.67. The molecule has 0 aromatic carbocycles. The Kier molecular flexibility index (Phi) is 3.81. The number of halogens is 2. The maximum Gasteiger partial charge on any atom is 0.251 e. The molecule has 0 unspecified atom stereocenters. The average molecular weight is 333 g/mol. The first kappa shape index (κ1) is 12.5. The number of carbonyl (C=O) groups excluding carboxylic acids is 1. The van der Waals surface area contributed by atoms with Gasteiger partial charge >= 0.3 is 0 Å². The topological polar surface area (TPSA) is 39.1 Å². The van der Waals surface area contributed by atoms with Gasteiger partial charge in [0, 0.05) is 16.7 Å². The van der Waals surface area contributed by atoms with Gasteiger partial charge in [0.05, 0.1) is 15.8 Å². The first-order valence-electron chi connectivity index (χ1n) is 4.71. The number of rotatable bonds is 3. The van der Waals surface area contributed by atoms with Crippen LogP contribution in [0.4, 0.5) is 0 Å². The van der Waals surface area contributed by atoms with Gasteiger partial charge in [-0.2, -0.15) is 0 Å². The van der Waals surface area contributed by atoms with E-state index in [1.165, 1.54) is 22.0 Å². The van der Waals surface area contributed by atoms with Crippen LogP contribution >= 0.6 is 38.9 Å². The third-order valence-electron chi connectivity index (χ3n) is 2.11.